The number of rotatable bonds is 12. The molecule has 0 atom stereocenters. The molecule has 0 radical (unpaired) electrons. The molecule has 9 aromatic heterocycles. The quantitative estimate of drug-likeness (QED) is 0.0549. The van der Waals surface area contributed by atoms with E-state index in [0.29, 0.717) is 41.3 Å². The number of para-hydroxylation sites is 9. The van der Waals surface area contributed by atoms with Gasteiger partial charge in [0, 0.05) is 62.5 Å². The summed E-state index contributed by atoms with van der Waals surface area (Å²) in [6.45, 7) is 0. The summed E-state index contributed by atoms with van der Waals surface area (Å²) < 4.78 is 0. The Labute approximate surface area is 584 Å². The molecule has 21 rings (SSSR count). The highest BCUT2D eigenvalue weighted by molar-refractivity contribution is 6.15. The fourth-order valence-corrected chi connectivity index (χ4v) is 12.4. The van der Waals surface area contributed by atoms with E-state index >= 15 is 0 Å². The van der Waals surface area contributed by atoms with Gasteiger partial charge in [-0.3, -0.25) is 20.9 Å². The number of aromatic amines is 3. The fourth-order valence-electron chi connectivity index (χ4n) is 12.4. The molecule has 0 amide bonds. The third kappa shape index (κ3) is 12.5. The first-order valence-electron chi connectivity index (χ1n) is 32.9. The Balaban J connectivity index is 0.000000101. The van der Waals surface area contributed by atoms with Gasteiger partial charge in [-0.2, -0.15) is 29.9 Å². The second kappa shape index (κ2) is 26.4. The van der Waals surface area contributed by atoms with E-state index in [1.54, 1.807) is 18.6 Å². The molecule has 0 bridgehead atoms. The zero-order valence-corrected chi connectivity index (χ0v) is 54.2. The molecular formula is C79H54N24. The first kappa shape index (κ1) is 60.3. The number of hydrogen-bond donors (Lipinski definition) is 9. The van der Waals surface area contributed by atoms with Crippen LogP contribution >= 0.6 is 0 Å². The highest BCUT2D eigenvalue weighted by atomic mass is 15.3. The van der Waals surface area contributed by atoms with Crippen molar-refractivity contribution in [2.24, 2.45) is 0 Å². The molecule has 0 saturated heterocycles. The molecule has 19 aromatic rings. The van der Waals surface area contributed by atoms with Crippen molar-refractivity contribution < 1.29 is 0 Å². The van der Waals surface area contributed by atoms with Gasteiger partial charge in [0.15, 0.2) is 5.65 Å². The minimum absolute atomic E-state index is 0.279. The van der Waals surface area contributed by atoms with Crippen molar-refractivity contribution in [3.8, 4) is 45.0 Å². The maximum Gasteiger partial charge on any atom is 0.236 e. The molecule has 0 saturated carbocycles. The summed E-state index contributed by atoms with van der Waals surface area (Å²) in [5.74, 6) is 3.71. The molecule has 9 heterocycles. The summed E-state index contributed by atoms with van der Waals surface area (Å²) in [5.41, 5.74) is 19.7. The van der Waals surface area contributed by atoms with Crippen LogP contribution < -0.4 is 31.9 Å². The lowest BCUT2D eigenvalue weighted by atomic mass is 10.0. The van der Waals surface area contributed by atoms with Crippen molar-refractivity contribution in [3.05, 3.63) is 273 Å². The molecule has 490 valence electrons. The van der Waals surface area contributed by atoms with Gasteiger partial charge in [-0.25, -0.2) is 39.9 Å². The van der Waals surface area contributed by atoms with Crippen molar-refractivity contribution in [2.75, 3.05) is 31.9 Å². The Kier molecular flexibility index (Phi) is 15.5. The van der Waals surface area contributed by atoms with Crippen LogP contribution in [0.3, 0.4) is 0 Å². The molecular weight excluding hydrogens is 1290 g/mol. The lowest BCUT2D eigenvalue weighted by Gasteiger charge is -2.11. The second-order valence-corrected chi connectivity index (χ2v) is 23.7. The molecule has 0 aliphatic heterocycles. The monoisotopic (exact) mass is 1340 g/mol. The zero-order chi connectivity index (χ0) is 68.4. The first-order chi connectivity index (χ1) is 50.9. The van der Waals surface area contributed by atoms with Crippen LogP contribution in [-0.4, -0.2) is 89.7 Å². The number of anilines is 12. The van der Waals surface area contributed by atoms with Gasteiger partial charge in [-0.15, -0.1) is 0 Å². The summed E-state index contributed by atoms with van der Waals surface area (Å²) in [7, 11) is 0. The number of hydrogen-bond acceptors (Lipinski definition) is 21. The Morgan fingerprint density at radius 2 is 0.573 bits per heavy atom. The highest BCUT2D eigenvalue weighted by Gasteiger charge is 2.26. The highest BCUT2D eigenvalue weighted by Crippen LogP contribution is 2.47. The molecule has 103 heavy (non-hydrogen) atoms. The normalized spacial score (nSPS) is 11.3. The fraction of sp³-hybridized carbons (Fsp3) is 0. The minimum Gasteiger partial charge on any atom is -0.324 e. The lowest BCUT2D eigenvalue weighted by Crippen LogP contribution is -2.08. The summed E-state index contributed by atoms with van der Waals surface area (Å²) in [4.78, 5) is 77.8. The molecule has 9 N–H and O–H groups in total. The Bertz CT molecular complexity index is 5580. The third-order valence-corrected chi connectivity index (χ3v) is 17.0. The molecule has 0 unspecified atom stereocenters. The van der Waals surface area contributed by atoms with Crippen LogP contribution in [0.1, 0.15) is 0 Å². The van der Waals surface area contributed by atoms with Gasteiger partial charge in [0.1, 0.15) is 11.0 Å². The summed E-state index contributed by atoms with van der Waals surface area (Å²) >= 11 is 0. The standard InChI is InChI=1S/C24H18N12.C21H18N6.2C17H9N3/c1-2-8-14-13(7-1)25-19(26-14)31-22-34-23(32-20-27-15-9-3-4-10-16(15)28-20)36-24(35-22)33-21-29-17-11-5-6-12-18(17)30-21;1-4-10-16(11-5-1)22-19-25-20(23-17-12-6-2-7-13-17)27-21(26-19)24-18-14-8-3-9-15-18;1-4-10-5-2-7-12-14(10)11(6-1)15-16(12)20-17-13(19-15)8-3-9-18-17;1-3-10-4-2-6-12-15(10)11(5-1)16-17(12)20-14-9-18-8-7-13(14)19-16/h1-12H,(H6,25,26,27,28,29,30,31,32,33,34,35,36);1-15H,(H3,22,23,24,25,26,27);2*1-9H. The van der Waals surface area contributed by atoms with Crippen molar-refractivity contribution in [2.45, 2.75) is 0 Å². The predicted molar refractivity (Wildman–Crippen MR) is 405 cm³/mol. The van der Waals surface area contributed by atoms with Gasteiger partial charge >= 0.3 is 0 Å². The van der Waals surface area contributed by atoms with Gasteiger partial charge in [-0.1, -0.05) is 164 Å². The van der Waals surface area contributed by atoms with Crippen molar-refractivity contribution in [1.82, 2.24) is 89.7 Å². The van der Waals surface area contributed by atoms with Crippen molar-refractivity contribution in [1.29, 1.82) is 0 Å². The SMILES string of the molecule is c1cc2c3c(cccc3c1)-c1nc3cnccc3nc1-2.c1cc2c3c(cccc3c1)-c1nc3ncccc3nc1-2.c1ccc(Nc2nc(Nc3ccccc3)nc(Nc3ccccc3)n2)cc1.c1ccc2[nH]c(Nc3nc(Nc4nc5ccccc5[nH]4)nc(Nc4nc5ccccc5[nH]4)n3)nc2c1. The van der Waals surface area contributed by atoms with Crippen molar-refractivity contribution >= 4 is 147 Å². The minimum atomic E-state index is 0.279. The molecule has 24 heteroatoms. The van der Waals surface area contributed by atoms with Gasteiger partial charge in [-0.05, 0) is 102 Å². The first-order valence-corrected chi connectivity index (χ1v) is 32.9. The maximum atomic E-state index is 4.79. The molecule has 0 fully saturated rings. The lowest BCUT2D eigenvalue weighted by molar-refractivity contribution is 1.04. The van der Waals surface area contributed by atoms with E-state index < -0.39 is 0 Å². The number of benzene rings is 10. The van der Waals surface area contributed by atoms with E-state index in [2.05, 4.69) is 174 Å². The topological polar surface area (TPSA) is 313 Å². The molecule has 0 spiro atoms. The van der Waals surface area contributed by atoms with Gasteiger partial charge in [0.25, 0.3) is 0 Å². The smallest absolute Gasteiger partial charge is 0.236 e. The van der Waals surface area contributed by atoms with Crippen LogP contribution in [0.5, 0.6) is 0 Å². The van der Waals surface area contributed by atoms with Gasteiger partial charge in [0.2, 0.25) is 53.5 Å². The van der Waals surface area contributed by atoms with Gasteiger partial charge in [0.05, 0.1) is 67.6 Å². The van der Waals surface area contributed by atoms with E-state index in [-0.39, 0.29) is 17.8 Å². The molecule has 2 aliphatic rings. The number of nitrogens with zero attached hydrogens (tertiary/aromatic N) is 15. The van der Waals surface area contributed by atoms with Gasteiger partial charge < -0.3 is 30.9 Å². The average molecular weight is 1340 g/mol. The van der Waals surface area contributed by atoms with Crippen LogP contribution in [0, 0.1) is 0 Å². The van der Waals surface area contributed by atoms with E-state index in [1.165, 1.54) is 38.2 Å². The molecule has 2 aliphatic carbocycles. The second-order valence-electron chi connectivity index (χ2n) is 23.7. The largest absolute Gasteiger partial charge is 0.324 e. The number of fused-ring (bicyclic) bond motifs is 11. The third-order valence-electron chi connectivity index (χ3n) is 17.0. The van der Waals surface area contributed by atoms with E-state index in [4.69, 9.17) is 19.9 Å². The van der Waals surface area contributed by atoms with Crippen LogP contribution in [0.15, 0.2) is 273 Å². The Hall–Kier alpha value is -15.1. The van der Waals surface area contributed by atoms with Crippen LogP contribution in [0.2, 0.25) is 0 Å². The summed E-state index contributed by atoms with van der Waals surface area (Å²) in [6, 6.07) is 83.7. The van der Waals surface area contributed by atoms with Crippen LogP contribution in [-0.2, 0) is 0 Å². The maximum absolute atomic E-state index is 4.79. The number of nitrogens with one attached hydrogen (secondary N) is 9. The summed E-state index contributed by atoms with van der Waals surface area (Å²) in [5, 5.41) is 24.0. The molecule has 24 nitrogen and oxygen atoms in total. The van der Waals surface area contributed by atoms with Crippen LogP contribution in [0.25, 0.3) is 122 Å². The number of H-pyrrole nitrogens is 3. The van der Waals surface area contributed by atoms with E-state index in [9.17, 15) is 0 Å². The Morgan fingerprint density at radius 1 is 0.233 bits per heavy atom. The average Bonchev–Trinajstić information content (AvgIpc) is 1.59. The zero-order valence-electron chi connectivity index (χ0n) is 54.2. The molecule has 10 aromatic carbocycles. The van der Waals surface area contributed by atoms with Crippen molar-refractivity contribution in [3.63, 3.8) is 0 Å². The van der Waals surface area contributed by atoms with Crippen LogP contribution in [0.4, 0.5) is 70.6 Å². The number of imidazole rings is 3. The predicted octanol–water partition coefficient (Wildman–Crippen LogP) is 17.5. The van der Waals surface area contributed by atoms with E-state index in [1.807, 2.05) is 182 Å². The summed E-state index contributed by atoms with van der Waals surface area (Å²) in [6.07, 6.45) is 5.28. The van der Waals surface area contributed by atoms with E-state index in [0.717, 1.165) is 95.1 Å². The number of pyridine rings is 2. The number of aromatic nitrogens is 18. The Morgan fingerprint density at radius 3 is 0.971 bits per heavy atom.